The lowest BCUT2D eigenvalue weighted by atomic mass is 10.0. The van der Waals surface area contributed by atoms with Crippen molar-refractivity contribution in [3.8, 4) is 11.3 Å². The van der Waals surface area contributed by atoms with Gasteiger partial charge in [-0.2, -0.15) is 0 Å². The highest BCUT2D eigenvalue weighted by molar-refractivity contribution is 6.03. The minimum atomic E-state index is 0.956. The maximum atomic E-state index is 4.92. The average molecular weight is 306 g/mol. The van der Waals surface area contributed by atoms with Crippen molar-refractivity contribution in [3.63, 3.8) is 0 Å². The zero-order valence-corrected chi connectivity index (χ0v) is 13.0. The third-order valence-corrected chi connectivity index (χ3v) is 4.48. The second kappa shape index (κ2) is 5.14. The molecular weight excluding hydrogens is 292 g/mol. The Morgan fingerprint density at radius 1 is 0.542 bits per heavy atom. The van der Waals surface area contributed by atoms with Gasteiger partial charge in [0, 0.05) is 22.5 Å². The Hall–Kier alpha value is -3.26. The van der Waals surface area contributed by atoms with Crippen LogP contribution in [-0.2, 0) is 0 Å². The van der Waals surface area contributed by atoms with Crippen molar-refractivity contribution in [2.24, 2.45) is 0 Å². The fraction of sp³-hybridized carbons (Fsp3) is 0. The van der Waals surface area contributed by atoms with Gasteiger partial charge in [0.15, 0.2) is 0 Å². The maximum absolute atomic E-state index is 4.92. The molecule has 2 nitrogen and oxygen atoms in total. The Balaban J connectivity index is 1.77. The highest BCUT2D eigenvalue weighted by Crippen LogP contribution is 2.27. The largest absolute Gasteiger partial charge is 0.254 e. The van der Waals surface area contributed by atoms with E-state index < -0.39 is 0 Å². The molecular formula is C22H14N2. The summed E-state index contributed by atoms with van der Waals surface area (Å²) in [6.45, 7) is 0. The van der Waals surface area contributed by atoms with Crippen molar-refractivity contribution in [3.05, 3.63) is 85.1 Å². The van der Waals surface area contributed by atoms with Crippen LogP contribution in [0.3, 0.4) is 0 Å². The van der Waals surface area contributed by atoms with Gasteiger partial charge in [-0.1, -0.05) is 60.7 Å². The summed E-state index contributed by atoms with van der Waals surface area (Å²) in [5, 5.41) is 4.71. The summed E-state index contributed by atoms with van der Waals surface area (Å²) in [6, 6.07) is 27.3. The first-order chi connectivity index (χ1) is 11.9. The van der Waals surface area contributed by atoms with Gasteiger partial charge in [-0.25, -0.2) is 4.98 Å². The van der Waals surface area contributed by atoms with Gasteiger partial charge in [0.1, 0.15) is 0 Å². The maximum Gasteiger partial charge on any atom is 0.0972 e. The second-order valence-corrected chi connectivity index (χ2v) is 5.97. The normalized spacial score (nSPS) is 11.3. The molecule has 2 heteroatoms. The van der Waals surface area contributed by atoms with Gasteiger partial charge < -0.3 is 0 Å². The van der Waals surface area contributed by atoms with Crippen LogP contribution in [0.25, 0.3) is 43.8 Å². The molecule has 3 aromatic carbocycles. The van der Waals surface area contributed by atoms with Crippen LogP contribution in [0.1, 0.15) is 0 Å². The number of hydrogen-bond donors (Lipinski definition) is 0. The zero-order chi connectivity index (χ0) is 15.9. The van der Waals surface area contributed by atoms with Crippen LogP contribution in [0.4, 0.5) is 0 Å². The molecule has 0 fully saturated rings. The topological polar surface area (TPSA) is 25.8 Å². The van der Waals surface area contributed by atoms with Crippen molar-refractivity contribution < 1.29 is 0 Å². The Bertz CT molecular complexity index is 1210. The molecule has 0 atom stereocenters. The molecule has 5 rings (SSSR count). The summed E-state index contributed by atoms with van der Waals surface area (Å²) in [4.78, 5) is 9.45. The number of nitrogens with zero attached hydrogens (tertiary/aromatic N) is 2. The summed E-state index contributed by atoms with van der Waals surface area (Å²) in [5.41, 5.74) is 4.02. The quantitative estimate of drug-likeness (QED) is 0.376. The van der Waals surface area contributed by atoms with E-state index in [1.165, 1.54) is 10.8 Å². The molecule has 0 unspecified atom stereocenters. The van der Waals surface area contributed by atoms with Crippen molar-refractivity contribution in [1.82, 2.24) is 9.97 Å². The SMILES string of the molecule is c1ccc2cc(-c3ccc4ccc5cccnc5c4n3)ccc2c1. The molecule has 2 aromatic heterocycles. The lowest BCUT2D eigenvalue weighted by Crippen LogP contribution is -1.88. The highest BCUT2D eigenvalue weighted by Gasteiger charge is 2.06. The number of hydrogen-bond acceptors (Lipinski definition) is 2. The van der Waals surface area contributed by atoms with E-state index in [0.29, 0.717) is 0 Å². The van der Waals surface area contributed by atoms with Crippen LogP contribution in [-0.4, -0.2) is 9.97 Å². The van der Waals surface area contributed by atoms with Crippen molar-refractivity contribution in [1.29, 1.82) is 0 Å². The highest BCUT2D eigenvalue weighted by atomic mass is 14.7. The average Bonchev–Trinajstić information content (AvgIpc) is 2.67. The minimum Gasteiger partial charge on any atom is -0.254 e. The molecule has 0 saturated heterocycles. The molecule has 0 saturated carbocycles. The van der Waals surface area contributed by atoms with E-state index in [1.54, 1.807) is 0 Å². The summed E-state index contributed by atoms with van der Waals surface area (Å²) >= 11 is 0. The van der Waals surface area contributed by atoms with Crippen molar-refractivity contribution >= 4 is 32.6 Å². The molecule has 112 valence electrons. The van der Waals surface area contributed by atoms with Crippen LogP contribution >= 0.6 is 0 Å². The lowest BCUT2D eigenvalue weighted by molar-refractivity contribution is 1.37. The minimum absolute atomic E-state index is 0.956. The second-order valence-electron chi connectivity index (χ2n) is 5.97. The summed E-state index contributed by atoms with van der Waals surface area (Å²) in [6.07, 6.45) is 1.83. The number of rotatable bonds is 1. The fourth-order valence-corrected chi connectivity index (χ4v) is 3.23. The smallest absolute Gasteiger partial charge is 0.0972 e. The molecule has 5 aromatic rings. The summed E-state index contributed by atoms with van der Waals surface area (Å²) < 4.78 is 0. The van der Waals surface area contributed by atoms with Crippen LogP contribution in [0.2, 0.25) is 0 Å². The molecule has 0 aliphatic heterocycles. The first kappa shape index (κ1) is 13.2. The first-order valence-corrected chi connectivity index (χ1v) is 8.02. The summed E-state index contributed by atoms with van der Waals surface area (Å²) in [5.74, 6) is 0. The molecule has 0 spiro atoms. The molecule has 0 amide bonds. The fourth-order valence-electron chi connectivity index (χ4n) is 3.23. The Morgan fingerprint density at radius 2 is 1.25 bits per heavy atom. The number of pyridine rings is 2. The predicted octanol–water partition coefficient (Wildman–Crippen LogP) is 5.60. The van der Waals surface area contributed by atoms with Crippen LogP contribution in [0, 0.1) is 0 Å². The van der Waals surface area contributed by atoms with Crippen LogP contribution < -0.4 is 0 Å². The standard InChI is InChI=1S/C22H14N2/c1-2-5-18-14-19(10-7-15(18)4-1)20-12-11-17-9-8-16-6-3-13-23-21(16)22(17)24-20/h1-14H. The van der Waals surface area contributed by atoms with Gasteiger partial charge in [0.25, 0.3) is 0 Å². The Morgan fingerprint density at radius 3 is 2.17 bits per heavy atom. The van der Waals surface area contributed by atoms with Gasteiger partial charge in [-0.15, -0.1) is 0 Å². The Labute approximate surface area is 139 Å². The first-order valence-electron chi connectivity index (χ1n) is 8.02. The monoisotopic (exact) mass is 306 g/mol. The van der Waals surface area contributed by atoms with E-state index in [1.807, 2.05) is 12.3 Å². The number of benzene rings is 3. The van der Waals surface area contributed by atoms with Gasteiger partial charge >= 0.3 is 0 Å². The lowest BCUT2D eigenvalue weighted by Gasteiger charge is -2.07. The van der Waals surface area contributed by atoms with E-state index in [9.17, 15) is 0 Å². The van der Waals surface area contributed by atoms with Crippen molar-refractivity contribution in [2.45, 2.75) is 0 Å². The zero-order valence-electron chi connectivity index (χ0n) is 13.0. The van der Waals surface area contributed by atoms with E-state index in [2.05, 4.69) is 77.8 Å². The van der Waals surface area contributed by atoms with Gasteiger partial charge in [-0.3, -0.25) is 4.98 Å². The predicted molar refractivity (Wildman–Crippen MR) is 100.0 cm³/mol. The van der Waals surface area contributed by atoms with Gasteiger partial charge in [0.05, 0.1) is 16.7 Å². The molecule has 0 aliphatic carbocycles. The van der Waals surface area contributed by atoms with Crippen LogP contribution in [0.15, 0.2) is 85.1 Å². The third kappa shape index (κ3) is 2.04. The van der Waals surface area contributed by atoms with Crippen molar-refractivity contribution in [2.75, 3.05) is 0 Å². The molecule has 0 bridgehead atoms. The van der Waals surface area contributed by atoms with E-state index in [4.69, 9.17) is 4.98 Å². The molecule has 2 heterocycles. The molecule has 0 aliphatic rings. The van der Waals surface area contributed by atoms with E-state index in [0.717, 1.165) is 33.1 Å². The third-order valence-electron chi connectivity index (χ3n) is 4.48. The van der Waals surface area contributed by atoms with Crippen LogP contribution in [0.5, 0.6) is 0 Å². The van der Waals surface area contributed by atoms with Gasteiger partial charge in [-0.05, 0) is 29.0 Å². The molecule has 0 N–H and O–H groups in total. The number of aromatic nitrogens is 2. The van der Waals surface area contributed by atoms with Gasteiger partial charge in [0.2, 0.25) is 0 Å². The number of fused-ring (bicyclic) bond motifs is 4. The van der Waals surface area contributed by atoms with E-state index in [-0.39, 0.29) is 0 Å². The Kier molecular flexibility index (Phi) is 2.83. The molecule has 0 radical (unpaired) electrons. The molecule has 24 heavy (non-hydrogen) atoms. The van der Waals surface area contributed by atoms with E-state index >= 15 is 0 Å². The summed E-state index contributed by atoms with van der Waals surface area (Å²) in [7, 11) is 0.